The molecule has 0 amide bonds. The van der Waals surface area contributed by atoms with E-state index in [2.05, 4.69) is 5.32 Å². The van der Waals surface area contributed by atoms with Crippen LogP contribution in [0, 0.1) is 5.41 Å². The van der Waals surface area contributed by atoms with Crippen molar-refractivity contribution in [1.29, 1.82) is 0 Å². The van der Waals surface area contributed by atoms with Crippen LogP contribution in [-0.4, -0.2) is 39.5 Å². The molecule has 1 saturated heterocycles. The van der Waals surface area contributed by atoms with Gasteiger partial charge in [0.2, 0.25) is 0 Å². The summed E-state index contributed by atoms with van der Waals surface area (Å²) in [6.07, 6.45) is 5.00. The number of hydrogen-bond acceptors (Lipinski definition) is 3. The van der Waals surface area contributed by atoms with Gasteiger partial charge in [0.05, 0.1) is 6.61 Å². The number of rotatable bonds is 5. The molecule has 2 rings (SSSR count). The van der Waals surface area contributed by atoms with Crippen LogP contribution in [-0.2, 0) is 9.47 Å². The first-order valence-corrected chi connectivity index (χ1v) is 5.65. The second-order valence-electron chi connectivity index (χ2n) is 4.70. The van der Waals surface area contributed by atoms with Gasteiger partial charge in [0.25, 0.3) is 0 Å². The molecule has 1 N–H and O–H groups in total. The van der Waals surface area contributed by atoms with Crippen LogP contribution in [0.2, 0.25) is 0 Å². The van der Waals surface area contributed by atoms with Gasteiger partial charge in [0.1, 0.15) is 0 Å². The van der Waals surface area contributed by atoms with Crippen LogP contribution in [0.1, 0.15) is 25.7 Å². The van der Waals surface area contributed by atoms with E-state index in [1.807, 2.05) is 0 Å². The minimum absolute atomic E-state index is 0.343. The molecular weight excluding hydrogens is 178 g/mol. The molecule has 0 aromatic carbocycles. The highest BCUT2D eigenvalue weighted by molar-refractivity contribution is 4.89. The summed E-state index contributed by atoms with van der Waals surface area (Å²) >= 11 is 0. The van der Waals surface area contributed by atoms with E-state index in [0.29, 0.717) is 5.41 Å². The Morgan fingerprint density at radius 3 is 2.64 bits per heavy atom. The van der Waals surface area contributed by atoms with Gasteiger partial charge in [-0.3, -0.25) is 0 Å². The number of nitrogens with one attached hydrogen (secondary N) is 1. The second-order valence-corrected chi connectivity index (χ2v) is 4.70. The van der Waals surface area contributed by atoms with Crippen LogP contribution in [0.15, 0.2) is 0 Å². The molecule has 0 atom stereocenters. The smallest absolute Gasteiger partial charge is 0.0532 e. The van der Waals surface area contributed by atoms with Crippen molar-refractivity contribution >= 4 is 0 Å². The molecule has 14 heavy (non-hydrogen) atoms. The average Bonchev–Trinajstić information content (AvgIpc) is 3.00. The highest BCUT2D eigenvalue weighted by Crippen LogP contribution is 2.31. The average molecular weight is 199 g/mol. The summed E-state index contributed by atoms with van der Waals surface area (Å²) in [6.45, 7) is 3.77. The van der Waals surface area contributed by atoms with Gasteiger partial charge in [0, 0.05) is 38.3 Å². The molecule has 0 bridgehead atoms. The lowest BCUT2D eigenvalue weighted by Gasteiger charge is -2.36. The topological polar surface area (TPSA) is 30.5 Å². The third-order valence-electron chi connectivity index (χ3n) is 3.35. The van der Waals surface area contributed by atoms with E-state index in [9.17, 15) is 0 Å². The molecular formula is C11H21NO2. The molecule has 0 aromatic heterocycles. The highest BCUT2D eigenvalue weighted by Gasteiger charge is 2.34. The summed E-state index contributed by atoms with van der Waals surface area (Å²) in [5, 5.41) is 3.62. The normalized spacial score (nSPS) is 26.4. The second kappa shape index (κ2) is 4.60. The van der Waals surface area contributed by atoms with E-state index in [1.165, 1.54) is 12.8 Å². The fraction of sp³-hybridized carbons (Fsp3) is 1.00. The van der Waals surface area contributed by atoms with E-state index in [1.54, 1.807) is 7.11 Å². The van der Waals surface area contributed by atoms with Crippen LogP contribution >= 0.6 is 0 Å². The molecule has 2 fully saturated rings. The number of methoxy groups -OCH3 is 1. The van der Waals surface area contributed by atoms with E-state index in [4.69, 9.17) is 9.47 Å². The highest BCUT2D eigenvalue weighted by atomic mass is 16.5. The van der Waals surface area contributed by atoms with E-state index < -0.39 is 0 Å². The molecule has 1 saturated carbocycles. The lowest BCUT2D eigenvalue weighted by atomic mass is 9.81. The van der Waals surface area contributed by atoms with Gasteiger partial charge in [-0.15, -0.1) is 0 Å². The van der Waals surface area contributed by atoms with Crippen LogP contribution in [0.4, 0.5) is 0 Å². The Bertz CT molecular complexity index is 169. The molecule has 3 heteroatoms. The minimum Gasteiger partial charge on any atom is -0.384 e. The maximum Gasteiger partial charge on any atom is 0.0532 e. The molecule has 1 aliphatic carbocycles. The first-order chi connectivity index (χ1) is 6.85. The van der Waals surface area contributed by atoms with Crippen molar-refractivity contribution < 1.29 is 9.47 Å². The van der Waals surface area contributed by atoms with Gasteiger partial charge in [-0.1, -0.05) is 0 Å². The van der Waals surface area contributed by atoms with Crippen molar-refractivity contribution in [2.24, 2.45) is 5.41 Å². The molecule has 0 spiro atoms. The molecule has 0 radical (unpaired) electrons. The maximum absolute atomic E-state index is 5.41. The summed E-state index contributed by atoms with van der Waals surface area (Å²) in [4.78, 5) is 0. The molecule has 2 aliphatic rings. The summed E-state index contributed by atoms with van der Waals surface area (Å²) in [5.41, 5.74) is 0.343. The van der Waals surface area contributed by atoms with Crippen molar-refractivity contribution in [3.8, 4) is 0 Å². The first kappa shape index (κ1) is 10.4. The third-order valence-corrected chi connectivity index (χ3v) is 3.35. The zero-order valence-electron chi connectivity index (χ0n) is 9.05. The third kappa shape index (κ3) is 2.69. The summed E-state index contributed by atoms with van der Waals surface area (Å²) in [5.74, 6) is 0. The predicted octanol–water partition coefficient (Wildman–Crippen LogP) is 1.18. The Kier molecular flexibility index (Phi) is 3.42. The van der Waals surface area contributed by atoms with E-state index >= 15 is 0 Å². The summed E-state index contributed by atoms with van der Waals surface area (Å²) < 4.78 is 10.8. The Labute approximate surface area is 86.2 Å². The van der Waals surface area contributed by atoms with Gasteiger partial charge < -0.3 is 14.8 Å². The van der Waals surface area contributed by atoms with Gasteiger partial charge in [0.15, 0.2) is 0 Å². The largest absolute Gasteiger partial charge is 0.384 e. The Balaban J connectivity index is 1.82. The monoisotopic (exact) mass is 199 g/mol. The maximum atomic E-state index is 5.41. The standard InChI is InChI=1S/C11H21NO2/c1-13-9-11(4-6-14-7-5-11)8-12-10-2-3-10/h10,12H,2-9H2,1H3. The van der Waals surface area contributed by atoms with Crippen molar-refractivity contribution in [3.05, 3.63) is 0 Å². The molecule has 1 heterocycles. The van der Waals surface area contributed by atoms with Crippen molar-refractivity contribution in [2.75, 3.05) is 33.5 Å². The van der Waals surface area contributed by atoms with E-state index in [0.717, 1.165) is 45.2 Å². The molecule has 1 aliphatic heterocycles. The van der Waals surface area contributed by atoms with Gasteiger partial charge in [-0.2, -0.15) is 0 Å². The Hall–Kier alpha value is -0.120. The predicted molar refractivity (Wildman–Crippen MR) is 55.4 cm³/mol. The van der Waals surface area contributed by atoms with Crippen LogP contribution in [0.3, 0.4) is 0 Å². The minimum atomic E-state index is 0.343. The SMILES string of the molecule is COCC1(CNC2CC2)CCOCC1. The Morgan fingerprint density at radius 1 is 1.36 bits per heavy atom. The molecule has 82 valence electrons. The van der Waals surface area contributed by atoms with Crippen LogP contribution in [0.5, 0.6) is 0 Å². The van der Waals surface area contributed by atoms with Crippen LogP contribution < -0.4 is 5.32 Å². The molecule has 3 nitrogen and oxygen atoms in total. The Morgan fingerprint density at radius 2 is 2.07 bits per heavy atom. The molecule has 0 aromatic rings. The molecule has 0 unspecified atom stereocenters. The fourth-order valence-corrected chi connectivity index (χ4v) is 2.13. The van der Waals surface area contributed by atoms with Crippen molar-refractivity contribution in [3.63, 3.8) is 0 Å². The van der Waals surface area contributed by atoms with Gasteiger partial charge in [-0.25, -0.2) is 0 Å². The van der Waals surface area contributed by atoms with Crippen LogP contribution in [0.25, 0.3) is 0 Å². The summed E-state index contributed by atoms with van der Waals surface area (Å²) in [7, 11) is 1.80. The lowest BCUT2D eigenvalue weighted by molar-refractivity contribution is -0.0269. The zero-order valence-corrected chi connectivity index (χ0v) is 9.05. The van der Waals surface area contributed by atoms with Gasteiger partial charge >= 0.3 is 0 Å². The van der Waals surface area contributed by atoms with Gasteiger partial charge in [-0.05, 0) is 25.7 Å². The quantitative estimate of drug-likeness (QED) is 0.721. The van der Waals surface area contributed by atoms with Crippen molar-refractivity contribution in [1.82, 2.24) is 5.32 Å². The van der Waals surface area contributed by atoms with E-state index in [-0.39, 0.29) is 0 Å². The number of ether oxygens (including phenoxy) is 2. The first-order valence-electron chi connectivity index (χ1n) is 5.65. The van der Waals surface area contributed by atoms with Crippen molar-refractivity contribution in [2.45, 2.75) is 31.7 Å². The number of hydrogen-bond donors (Lipinski definition) is 1. The summed E-state index contributed by atoms with van der Waals surface area (Å²) in [6, 6.07) is 0.798. The lowest BCUT2D eigenvalue weighted by Crippen LogP contribution is -2.43. The zero-order chi connectivity index (χ0) is 9.86. The fourth-order valence-electron chi connectivity index (χ4n) is 2.13.